The molecule has 1 aliphatic carbocycles. The highest BCUT2D eigenvalue weighted by atomic mass is 79.9. The molecule has 0 aromatic heterocycles. The Morgan fingerprint density at radius 2 is 0.643 bits per heavy atom. The monoisotopic (exact) mass is 662 g/mol. The van der Waals surface area contributed by atoms with Gasteiger partial charge in [-0.3, -0.25) is 0 Å². The van der Waals surface area contributed by atoms with Crippen molar-refractivity contribution in [2.75, 3.05) is 0 Å². The lowest BCUT2D eigenvalue weighted by molar-refractivity contribution is 1.53. The van der Waals surface area contributed by atoms with E-state index >= 15 is 0 Å². The predicted molar refractivity (Wildman–Crippen MR) is 186 cm³/mol. The van der Waals surface area contributed by atoms with Crippen LogP contribution in [0.5, 0.6) is 0 Å². The maximum atomic E-state index is 3.69. The highest BCUT2D eigenvalue weighted by Crippen LogP contribution is 2.60. The molecule has 0 fully saturated rings. The van der Waals surface area contributed by atoms with E-state index in [2.05, 4.69) is 177 Å². The molecule has 0 saturated carbocycles. The number of fused-ring (bicyclic) bond motifs is 3. The van der Waals surface area contributed by atoms with Crippen LogP contribution < -0.4 is 0 Å². The first-order valence-corrected chi connectivity index (χ1v) is 15.7. The average Bonchev–Trinajstić information content (AvgIpc) is 3.37. The van der Waals surface area contributed by atoms with Gasteiger partial charge in [0.25, 0.3) is 0 Å². The Bertz CT molecular complexity index is 1960. The molecule has 1 aliphatic rings. The molecule has 0 bridgehead atoms. The number of hydrogen-bond donors (Lipinski definition) is 0. The van der Waals surface area contributed by atoms with Gasteiger partial charge in [-0.15, -0.1) is 0 Å². The Labute approximate surface area is 262 Å². The summed E-state index contributed by atoms with van der Waals surface area (Å²) in [6, 6.07) is 53.0. The molecule has 0 spiro atoms. The van der Waals surface area contributed by atoms with Crippen LogP contribution in [0.15, 0.2) is 155 Å². The van der Waals surface area contributed by atoms with Gasteiger partial charge >= 0.3 is 0 Å². The first kappa shape index (κ1) is 25.5. The Kier molecular flexibility index (Phi) is 6.21. The fourth-order valence-electron chi connectivity index (χ4n) is 6.64. The third-order valence-corrected chi connectivity index (χ3v) is 9.39. The fourth-order valence-corrected chi connectivity index (χ4v) is 7.17. The minimum absolute atomic E-state index is 1.07. The van der Waals surface area contributed by atoms with Gasteiger partial charge in [0.1, 0.15) is 0 Å². The molecule has 42 heavy (non-hydrogen) atoms. The molecule has 0 atom stereocenters. The summed E-state index contributed by atoms with van der Waals surface area (Å²) in [5, 5.41) is 2.61. The van der Waals surface area contributed by atoms with E-state index < -0.39 is 0 Å². The number of halogens is 2. The van der Waals surface area contributed by atoms with Crippen molar-refractivity contribution in [2.45, 2.75) is 0 Å². The van der Waals surface area contributed by atoms with Crippen LogP contribution in [0.3, 0.4) is 0 Å². The minimum atomic E-state index is 1.07. The standard InChI is InChI=1S/C40H24Br2/c41-30-21-17-28(18-22-30)35-36(29-19-23-31(42)24-20-29)38(27-11-5-2-6-12-27)40-33-16-8-14-25-13-7-15-32(34(25)33)39(40)37(35)26-9-3-1-4-10-26/h1-24H. The molecule has 0 saturated heterocycles. The highest BCUT2D eigenvalue weighted by Gasteiger charge is 2.33. The quantitative estimate of drug-likeness (QED) is 0.176. The van der Waals surface area contributed by atoms with Crippen LogP contribution in [0.4, 0.5) is 0 Å². The second kappa shape index (κ2) is 10.2. The first-order chi connectivity index (χ1) is 20.7. The lowest BCUT2D eigenvalue weighted by atomic mass is 9.76. The third-order valence-electron chi connectivity index (χ3n) is 8.33. The van der Waals surface area contributed by atoms with Crippen molar-refractivity contribution in [1.29, 1.82) is 0 Å². The van der Waals surface area contributed by atoms with Crippen LogP contribution in [-0.4, -0.2) is 0 Å². The summed E-state index contributed by atoms with van der Waals surface area (Å²) < 4.78 is 2.14. The summed E-state index contributed by atoms with van der Waals surface area (Å²) in [7, 11) is 0. The largest absolute Gasteiger partial charge is 0.0622 e. The molecule has 0 nitrogen and oxygen atoms in total. The van der Waals surface area contributed by atoms with E-state index in [1.165, 1.54) is 77.5 Å². The van der Waals surface area contributed by atoms with Gasteiger partial charge in [-0.2, -0.15) is 0 Å². The zero-order valence-corrected chi connectivity index (χ0v) is 25.8. The van der Waals surface area contributed by atoms with E-state index in [4.69, 9.17) is 0 Å². The minimum Gasteiger partial charge on any atom is -0.0622 e. The third kappa shape index (κ3) is 4.01. The van der Waals surface area contributed by atoms with Crippen molar-refractivity contribution in [3.8, 4) is 66.8 Å². The maximum absolute atomic E-state index is 3.69. The number of hydrogen-bond acceptors (Lipinski definition) is 0. The lowest BCUT2D eigenvalue weighted by Gasteiger charge is -2.26. The summed E-state index contributed by atoms with van der Waals surface area (Å²) in [5.74, 6) is 0. The van der Waals surface area contributed by atoms with Crippen molar-refractivity contribution in [3.63, 3.8) is 0 Å². The van der Waals surface area contributed by atoms with Gasteiger partial charge in [0.15, 0.2) is 0 Å². The van der Waals surface area contributed by atoms with E-state index in [0.717, 1.165) is 8.95 Å². The van der Waals surface area contributed by atoms with Crippen molar-refractivity contribution < 1.29 is 0 Å². The molecular formula is C40H24Br2. The maximum Gasteiger partial charge on any atom is 0.0175 e. The van der Waals surface area contributed by atoms with E-state index in [9.17, 15) is 0 Å². The second-order valence-electron chi connectivity index (χ2n) is 10.7. The summed E-state index contributed by atoms with van der Waals surface area (Å²) >= 11 is 7.38. The molecule has 7 aromatic carbocycles. The van der Waals surface area contributed by atoms with Crippen LogP contribution >= 0.6 is 31.9 Å². The Balaban J connectivity index is 1.67. The summed E-state index contributed by atoms with van der Waals surface area (Å²) in [6.07, 6.45) is 0. The Morgan fingerprint density at radius 3 is 1.05 bits per heavy atom. The zero-order valence-electron chi connectivity index (χ0n) is 22.6. The number of rotatable bonds is 4. The van der Waals surface area contributed by atoms with Gasteiger partial charge in [0, 0.05) is 8.95 Å². The average molecular weight is 664 g/mol. The topological polar surface area (TPSA) is 0 Å². The molecule has 198 valence electrons. The van der Waals surface area contributed by atoms with Gasteiger partial charge < -0.3 is 0 Å². The van der Waals surface area contributed by atoms with Gasteiger partial charge in [-0.25, -0.2) is 0 Å². The molecule has 0 aliphatic heterocycles. The molecule has 0 unspecified atom stereocenters. The molecule has 0 N–H and O–H groups in total. The SMILES string of the molecule is Brc1ccc(-c2c(-c3ccc(Br)cc3)c(-c3ccccc3)c3c(c2-c2ccccc2)-c2cccc4cccc-3c24)cc1. The molecule has 8 rings (SSSR count). The summed E-state index contributed by atoms with van der Waals surface area (Å²) in [4.78, 5) is 0. The molecule has 0 radical (unpaired) electrons. The van der Waals surface area contributed by atoms with E-state index in [0.29, 0.717) is 0 Å². The fraction of sp³-hybridized carbons (Fsp3) is 0. The van der Waals surface area contributed by atoms with Crippen molar-refractivity contribution in [1.82, 2.24) is 0 Å². The Hall–Kier alpha value is -4.24. The zero-order chi connectivity index (χ0) is 28.2. The number of benzene rings is 7. The van der Waals surface area contributed by atoms with Crippen LogP contribution in [-0.2, 0) is 0 Å². The molecule has 2 heteroatoms. The van der Waals surface area contributed by atoms with Crippen LogP contribution in [0.2, 0.25) is 0 Å². The lowest BCUT2D eigenvalue weighted by Crippen LogP contribution is -1.99. The smallest absolute Gasteiger partial charge is 0.0175 e. The Morgan fingerprint density at radius 1 is 0.286 bits per heavy atom. The highest BCUT2D eigenvalue weighted by molar-refractivity contribution is 9.10. The molecular weight excluding hydrogens is 640 g/mol. The van der Waals surface area contributed by atoms with Gasteiger partial charge in [-0.1, -0.05) is 153 Å². The van der Waals surface area contributed by atoms with Crippen molar-refractivity contribution >= 4 is 42.6 Å². The van der Waals surface area contributed by atoms with E-state index in [-0.39, 0.29) is 0 Å². The molecule has 0 heterocycles. The van der Waals surface area contributed by atoms with E-state index in [1.54, 1.807) is 0 Å². The van der Waals surface area contributed by atoms with Gasteiger partial charge in [0.05, 0.1) is 0 Å². The summed E-state index contributed by atoms with van der Waals surface area (Å²) in [5.41, 5.74) is 15.1. The second-order valence-corrected chi connectivity index (χ2v) is 12.5. The predicted octanol–water partition coefficient (Wildman–Crippen LogP) is 12.7. The van der Waals surface area contributed by atoms with Crippen molar-refractivity contribution in [3.05, 3.63) is 155 Å². The van der Waals surface area contributed by atoms with Gasteiger partial charge in [-0.05, 0) is 102 Å². The normalized spacial score (nSPS) is 11.6. The van der Waals surface area contributed by atoms with Crippen molar-refractivity contribution in [2.24, 2.45) is 0 Å². The van der Waals surface area contributed by atoms with Crippen LogP contribution in [0.25, 0.3) is 77.5 Å². The van der Waals surface area contributed by atoms with Crippen LogP contribution in [0, 0.1) is 0 Å². The van der Waals surface area contributed by atoms with Gasteiger partial charge in [0.2, 0.25) is 0 Å². The summed E-state index contributed by atoms with van der Waals surface area (Å²) in [6.45, 7) is 0. The van der Waals surface area contributed by atoms with Crippen LogP contribution in [0.1, 0.15) is 0 Å². The molecule has 7 aromatic rings. The first-order valence-electron chi connectivity index (χ1n) is 14.1. The molecule has 0 amide bonds. The van der Waals surface area contributed by atoms with E-state index in [1.807, 2.05) is 0 Å².